The fraction of sp³-hybridized carbons (Fsp3) is 0.0435. The molecule has 1 heteroatoms. The summed E-state index contributed by atoms with van der Waals surface area (Å²) in [6.45, 7) is 0. The zero-order chi connectivity index (χ0) is 30.9. The fourth-order valence-corrected chi connectivity index (χ4v) is 8.11. The molecule has 0 fully saturated rings. The van der Waals surface area contributed by atoms with E-state index in [4.69, 9.17) is 4.42 Å². The topological polar surface area (TPSA) is 13.1 Å². The van der Waals surface area contributed by atoms with Gasteiger partial charge in [-0.05, 0) is 102 Å². The highest BCUT2D eigenvalue weighted by Crippen LogP contribution is 2.44. The summed E-state index contributed by atoms with van der Waals surface area (Å²) in [5, 5.41) is 12.6. The van der Waals surface area contributed by atoms with Crippen molar-refractivity contribution in [2.45, 2.75) is 12.8 Å². The van der Waals surface area contributed by atoms with Crippen LogP contribution < -0.4 is 10.4 Å². The number of hydrogen-bond acceptors (Lipinski definition) is 1. The zero-order valence-electron chi connectivity index (χ0n) is 25.8. The predicted molar refractivity (Wildman–Crippen MR) is 199 cm³/mol. The average molecular weight is 599 g/mol. The van der Waals surface area contributed by atoms with Crippen molar-refractivity contribution in [2.24, 2.45) is 0 Å². The smallest absolute Gasteiger partial charge is 0.143 e. The standard InChI is InChI=1S/C46H30O/c1-2-17-32-29(13-1)14-12-25-35(32)45-38-22-6-4-20-36(38)44(37-21-5-7-23-39(37)45)31-16-11-15-30(27-31)41-28-42-34-19-9-10-26-43(34)47-46(42)40-24-8-3-18-33(40)41/h1-11,13-24,26-28H,12,25H2. The highest BCUT2D eigenvalue weighted by Gasteiger charge is 2.20. The lowest BCUT2D eigenvalue weighted by Crippen LogP contribution is -2.29. The zero-order valence-corrected chi connectivity index (χ0v) is 25.8. The molecule has 1 aliphatic carbocycles. The average Bonchev–Trinajstić information content (AvgIpc) is 3.52. The normalized spacial score (nSPS) is 13.1. The second kappa shape index (κ2) is 10.3. The van der Waals surface area contributed by atoms with Gasteiger partial charge >= 0.3 is 0 Å². The van der Waals surface area contributed by atoms with Crippen LogP contribution in [0.3, 0.4) is 0 Å². The Kier molecular flexibility index (Phi) is 5.77. The number of hydrogen-bond donors (Lipinski definition) is 0. The van der Waals surface area contributed by atoms with Crippen molar-refractivity contribution in [3.8, 4) is 22.3 Å². The Morgan fingerprint density at radius 2 is 1.02 bits per heavy atom. The van der Waals surface area contributed by atoms with Gasteiger partial charge < -0.3 is 4.42 Å². The van der Waals surface area contributed by atoms with Crippen LogP contribution in [0.15, 0.2) is 156 Å². The van der Waals surface area contributed by atoms with Gasteiger partial charge in [-0.1, -0.05) is 140 Å². The number of fused-ring (bicyclic) bond motifs is 8. The summed E-state index contributed by atoms with van der Waals surface area (Å²) in [5.74, 6) is 0. The molecule has 1 aliphatic rings. The summed E-state index contributed by atoms with van der Waals surface area (Å²) >= 11 is 0. The molecule has 0 atom stereocenters. The van der Waals surface area contributed by atoms with Crippen molar-refractivity contribution < 1.29 is 4.42 Å². The second-order valence-corrected chi connectivity index (χ2v) is 12.7. The van der Waals surface area contributed by atoms with Gasteiger partial charge in [-0.25, -0.2) is 0 Å². The van der Waals surface area contributed by atoms with E-state index in [1.54, 1.807) is 0 Å². The lowest BCUT2D eigenvalue weighted by Gasteiger charge is -2.21. The first-order valence-corrected chi connectivity index (χ1v) is 16.5. The molecule has 0 saturated carbocycles. The van der Waals surface area contributed by atoms with E-state index in [0.717, 1.165) is 40.2 Å². The maximum absolute atomic E-state index is 6.43. The van der Waals surface area contributed by atoms with Gasteiger partial charge in [0.1, 0.15) is 11.2 Å². The Morgan fingerprint density at radius 3 is 1.79 bits per heavy atom. The quantitative estimate of drug-likeness (QED) is 0.184. The van der Waals surface area contributed by atoms with Gasteiger partial charge in [0.15, 0.2) is 0 Å². The molecule has 0 amide bonds. The van der Waals surface area contributed by atoms with E-state index in [-0.39, 0.29) is 0 Å². The van der Waals surface area contributed by atoms with E-state index in [1.165, 1.54) is 70.8 Å². The first-order valence-electron chi connectivity index (χ1n) is 16.5. The van der Waals surface area contributed by atoms with E-state index < -0.39 is 0 Å². The molecule has 8 aromatic carbocycles. The van der Waals surface area contributed by atoms with E-state index in [1.807, 2.05) is 6.07 Å². The van der Waals surface area contributed by atoms with E-state index in [9.17, 15) is 0 Å². The van der Waals surface area contributed by atoms with Crippen LogP contribution in [0.1, 0.15) is 18.4 Å². The summed E-state index contributed by atoms with van der Waals surface area (Å²) < 4.78 is 6.43. The molecule has 10 rings (SSSR count). The lowest BCUT2D eigenvalue weighted by molar-refractivity contribution is 0.672. The second-order valence-electron chi connectivity index (χ2n) is 12.7. The number of para-hydroxylation sites is 1. The largest absolute Gasteiger partial charge is 0.455 e. The minimum Gasteiger partial charge on any atom is -0.455 e. The van der Waals surface area contributed by atoms with Crippen molar-refractivity contribution in [1.82, 2.24) is 0 Å². The van der Waals surface area contributed by atoms with Crippen LogP contribution >= 0.6 is 0 Å². The molecule has 0 bridgehead atoms. The predicted octanol–water partition coefficient (Wildman–Crippen LogP) is 11.2. The van der Waals surface area contributed by atoms with Crippen LogP contribution in [0.4, 0.5) is 0 Å². The summed E-state index contributed by atoms with van der Waals surface area (Å²) in [6.07, 6.45) is 4.48. The fourth-order valence-electron chi connectivity index (χ4n) is 8.11. The minimum atomic E-state index is 0.924. The number of furan rings is 1. The van der Waals surface area contributed by atoms with Crippen LogP contribution in [-0.2, 0) is 0 Å². The molecule has 47 heavy (non-hydrogen) atoms. The highest BCUT2D eigenvalue weighted by atomic mass is 16.3. The van der Waals surface area contributed by atoms with Gasteiger partial charge in [0.05, 0.1) is 0 Å². The van der Waals surface area contributed by atoms with Gasteiger partial charge in [-0.3, -0.25) is 0 Å². The molecule has 0 radical (unpaired) electrons. The van der Waals surface area contributed by atoms with Gasteiger partial charge in [0.2, 0.25) is 0 Å². The Hall–Kier alpha value is -5.92. The summed E-state index contributed by atoms with van der Waals surface area (Å²) in [6, 6.07) is 55.4. The molecule has 0 spiro atoms. The van der Waals surface area contributed by atoms with Crippen molar-refractivity contribution in [3.05, 3.63) is 168 Å². The Balaban J connectivity index is 1.27. The maximum atomic E-state index is 6.43. The van der Waals surface area contributed by atoms with Gasteiger partial charge in [-0.15, -0.1) is 0 Å². The van der Waals surface area contributed by atoms with Crippen LogP contribution in [-0.4, -0.2) is 0 Å². The molecule has 1 heterocycles. The molecule has 9 aromatic rings. The van der Waals surface area contributed by atoms with Crippen LogP contribution in [0.25, 0.3) is 88.2 Å². The number of benzene rings is 8. The molecular weight excluding hydrogens is 569 g/mol. The lowest BCUT2D eigenvalue weighted by atomic mass is 9.82. The van der Waals surface area contributed by atoms with Crippen molar-refractivity contribution in [2.75, 3.05) is 0 Å². The Bertz CT molecular complexity index is 2790. The third-order valence-electron chi connectivity index (χ3n) is 10.1. The van der Waals surface area contributed by atoms with Gasteiger partial charge in [0.25, 0.3) is 0 Å². The molecule has 1 aromatic heterocycles. The third-order valence-corrected chi connectivity index (χ3v) is 10.1. The van der Waals surface area contributed by atoms with E-state index >= 15 is 0 Å². The summed E-state index contributed by atoms with van der Waals surface area (Å²) in [5.41, 5.74) is 9.64. The van der Waals surface area contributed by atoms with Gasteiger partial charge in [0, 0.05) is 16.2 Å². The molecular formula is C46H30O. The first-order chi connectivity index (χ1) is 23.3. The van der Waals surface area contributed by atoms with E-state index in [0.29, 0.717) is 0 Å². The molecule has 0 N–H and O–H groups in total. The molecule has 220 valence electrons. The first kappa shape index (κ1) is 26.3. The van der Waals surface area contributed by atoms with Crippen molar-refractivity contribution in [1.29, 1.82) is 0 Å². The molecule has 0 unspecified atom stereocenters. The third kappa shape index (κ3) is 3.96. The highest BCUT2D eigenvalue weighted by molar-refractivity contribution is 6.21. The summed E-state index contributed by atoms with van der Waals surface area (Å²) in [7, 11) is 0. The maximum Gasteiger partial charge on any atom is 0.143 e. The van der Waals surface area contributed by atoms with Crippen molar-refractivity contribution >= 4 is 65.9 Å². The SMILES string of the molecule is C1=c2ccccc2=C(c2c3ccccc3c(-c3cccc(-c4cc5c6ccccc6oc5c5ccccc45)c3)c3ccccc23)CC1. The Morgan fingerprint density at radius 1 is 0.426 bits per heavy atom. The number of rotatable bonds is 3. The van der Waals surface area contributed by atoms with Crippen LogP contribution in [0.5, 0.6) is 0 Å². The van der Waals surface area contributed by atoms with E-state index in [2.05, 4.69) is 152 Å². The van der Waals surface area contributed by atoms with Crippen LogP contribution in [0, 0.1) is 0 Å². The molecule has 0 aliphatic heterocycles. The monoisotopic (exact) mass is 598 g/mol. The minimum absolute atomic E-state index is 0.924. The molecule has 1 nitrogen and oxygen atoms in total. The van der Waals surface area contributed by atoms with Crippen molar-refractivity contribution in [3.63, 3.8) is 0 Å². The van der Waals surface area contributed by atoms with Crippen LogP contribution in [0.2, 0.25) is 0 Å². The van der Waals surface area contributed by atoms with Gasteiger partial charge in [-0.2, -0.15) is 0 Å². The Labute approximate surface area is 272 Å². The molecule has 0 saturated heterocycles. The summed E-state index contributed by atoms with van der Waals surface area (Å²) in [4.78, 5) is 0.